The van der Waals surface area contributed by atoms with Gasteiger partial charge < -0.3 is 15.3 Å². The van der Waals surface area contributed by atoms with E-state index in [4.69, 9.17) is 9.57 Å². The van der Waals surface area contributed by atoms with E-state index in [9.17, 15) is 23.6 Å². The largest absolute Gasteiger partial charge is 0.574 e. The Balaban J connectivity index is 2.17. The molecule has 1 heterocycles. The lowest BCUT2D eigenvalue weighted by Gasteiger charge is -2.25. The number of nitrogens with zero attached hydrogens (tertiary/aromatic N) is 1. The van der Waals surface area contributed by atoms with E-state index >= 15 is 0 Å². The first kappa shape index (κ1) is 20.0. The molecule has 1 aromatic carbocycles. The molecule has 1 fully saturated rings. The lowest BCUT2D eigenvalue weighted by molar-refractivity contribution is -1.04. The molecular weight excluding hydrogens is 352 g/mol. The number of hydrogen-bond donors (Lipinski definition) is 2. The molecule has 1 aliphatic heterocycles. The molecule has 10 heteroatoms. The molecule has 1 unspecified atom stereocenters. The van der Waals surface area contributed by atoms with Gasteiger partial charge in [-0.25, -0.2) is 13.6 Å². The van der Waals surface area contributed by atoms with Gasteiger partial charge in [0.15, 0.2) is 0 Å². The van der Waals surface area contributed by atoms with E-state index < -0.39 is 28.9 Å². The highest BCUT2D eigenvalue weighted by atomic mass is 19.3. The zero-order valence-corrected chi connectivity index (χ0v) is 14.5. The highest BCUT2D eigenvalue weighted by Crippen LogP contribution is 2.35. The third kappa shape index (κ3) is 4.65. The average molecular weight is 373 g/mol. The normalized spacial score (nSPS) is 20.1. The van der Waals surface area contributed by atoms with Crippen molar-refractivity contribution in [3.05, 3.63) is 29.0 Å². The van der Waals surface area contributed by atoms with Crippen LogP contribution in [0.2, 0.25) is 0 Å². The standard InChI is InChI=1S/C16H21F2N3O5/c1-3-4-7-25-15(23)14-9-20(21(24)26-14)11-5-6-13(19-10-22)12(8-11)16(2,17)18/h5-6,8,10,14,21H,3-4,7,9H2,1-2H3,(H,19,22)/t14-/m1/s1. The number of rotatable bonds is 8. The third-order valence-electron chi connectivity index (χ3n) is 3.82. The van der Waals surface area contributed by atoms with Crippen LogP contribution in [0.1, 0.15) is 32.3 Å². The Morgan fingerprint density at radius 2 is 2.31 bits per heavy atom. The molecule has 0 bridgehead atoms. The van der Waals surface area contributed by atoms with Crippen molar-refractivity contribution in [3.63, 3.8) is 0 Å². The molecule has 0 aliphatic carbocycles. The van der Waals surface area contributed by atoms with E-state index in [1.54, 1.807) is 0 Å². The highest BCUT2D eigenvalue weighted by molar-refractivity contribution is 5.77. The van der Waals surface area contributed by atoms with Crippen molar-refractivity contribution in [3.8, 4) is 0 Å². The quantitative estimate of drug-likeness (QED) is 0.307. The number of halogens is 2. The second-order valence-electron chi connectivity index (χ2n) is 5.88. The maximum absolute atomic E-state index is 13.8. The summed E-state index contributed by atoms with van der Waals surface area (Å²) in [4.78, 5) is 27.5. The smallest absolute Gasteiger partial charge is 0.344 e. The SMILES string of the molecule is CCCCOC(=O)[C@H]1CN(c2ccc(NC=O)c(C(C)(F)F)c2)[NH+]([O-])O1. The number of unbranched alkanes of at least 4 members (excludes halogenated alkanes) is 1. The maximum Gasteiger partial charge on any atom is 0.344 e. The fourth-order valence-electron chi connectivity index (χ4n) is 2.46. The van der Waals surface area contributed by atoms with E-state index in [0.29, 0.717) is 13.3 Å². The van der Waals surface area contributed by atoms with E-state index in [1.807, 2.05) is 6.92 Å². The number of benzene rings is 1. The molecule has 2 N–H and O–H groups in total. The summed E-state index contributed by atoms with van der Waals surface area (Å²) >= 11 is 0. The number of carbonyl (C=O) groups is 2. The van der Waals surface area contributed by atoms with E-state index in [0.717, 1.165) is 17.5 Å². The number of carbonyl (C=O) groups excluding carboxylic acids is 2. The third-order valence-corrected chi connectivity index (χ3v) is 3.82. The van der Waals surface area contributed by atoms with Crippen LogP contribution in [-0.4, -0.2) is 31.6 Å². The zero-order valence-electron chi connectivity index (χ0n) is 14.5. The second kappa shape index (κ2) is 8.39. The number of amides is 1. The molecule has 0 aromatic heterocycles. The molecule has 144 valence electrons. The molecule has 0 saturated carbocycles. The minimum Gasteiger partial charge on any atom is -0.574 e. The monoisotopic (exact) mass is 373 g/mol. The predicted octanol–water partition coefficient (Wildman–Crippen LogP) is 1.13. The van der Waals surface area contributed by atoms with Crippen molar-refractivity contribution in [2.24, 2.45) is 0 Å². The van der Waals surface area contributed by atoms with E-state index in [1.165, 1.54) is 12.1 Å². The number of esters is 1. The van der Waals surface area contributed by atoms with E-state index in [2.05, 4.69) is 5.32 Å². The van der Waals surface area contributed by atoms with Crippen LogP contribution in [0.15, 0.2) is 18.2 Å². The summed E-state index contributed by atoms with van der Waals surface area (Å²) in [6.45, 7) is 2.70. The molecule has 2 atom stereocenters. The van der Waals surface area contributed by atoms with Gasteiger partial charge in [0.2, 0.25) is 12.5 Å². The molecule has 8 nitrogen and oxygen atoms in total. The number of alkyl halides is 2. The Labute approximate surface area is 149 Å². The van der Waals surface area contributed by atoms with Crippen molar-refractivity contribution < 1.29 is 33.3 Å². The molecule has 0 radical (unpaired) electrons. The number of quaternary nitrogens is 1. The molecule has 1 amide bonds. The number of ether oxygens (including phenoxy) is 1. The van der Waals surface area contributed by atoms with Crippen molar-refractivity contribution >= 4 is 23.8 Å². The Morgan fingerprint density at radius 3 is 2.92 bits per heavy atom. The molecule has 0 spiro atoms. The Kier molecular flexibility index (Phi) is 6.46. The molecule has 1 aliphatic rings. The molecule has 26 heavy (non-hydrogen) atoms. The van der Waals surface area contributed by atoms with Gasteiger partial charge in [-0.15, -0.1) is 5.34 Å². The van der Waals surface area contributed by atoms with Gasteiger partial charge in [0.1, 0.15) is 6.54 Å². The summed E-state index contributed by atoms with van der Waals surface area (Å²) in [7, 11) is 0. The fraction of sp³-hybridized carbons (Fsp3) is 0.500. The van der Waals surface area contributed by atoms with Crippen LogP contribution >= 0.6 is 0 Å². The minimum absolute atomic E-state index is 0.0701. The summed E-state index contributed by atoms with van der Waals surface area (Å²) in [5.74, 6) is -3.92. The van der Waals surface area contributed by atoms with Crippen molar-refractivity contribution in [1.29, 1.82) is 0 Å². The lowest BCUT2D eigenvalue weighted by Crippen LogP contribution is -3.11. The predicted molar refractivity (Wildman–Crippen MR) is 88.1 cm³/mol. The molecular formula is C16H21F2N3O5. The zero-order chi connectivity index (χ0) is 19.3. The number of nitrogens with one attached hydrogen (secondary N) is 2. The Morgan fingerprint density at radius 1 is 1.58 bits per heavy atom. The maximum atomic E-state index is 13.8. The summed E-state index contributed by atoms with van der Waals surface area (Å²) in [5.41, 5.74) is -0.393. The van der Waals surface area contributed by atoms with Crippen LogP contribution in [0.25, 0.3) is 0 Å². The van der Waals surface area contributed by atoms with Crippen molar-refractivity contribution in [1.82, 2.24) is 0 Å². The Bertz CT molecular complexity index is 653. The van der Waals surface area contributed by atoms with Crippen LogP contribution in [0.4, 0.5) is 20.2 Å². The van der Waals surface area contributed by atoms with Gasteiger partial charge in [-0.1, -0.05) is 13.3 Å². The van der Waals surface area contributed by atoms with Gasteiger partial charge in [-0.05, 0) is 24.6 Å². The summed E-state index contributed by atoms with van der Waals surface area (Å²) < 4.78 is 32.6. The van der Waals surface area contributed by atoms with Gasteiger partial charge >= 0.3 is 5.97 Å². The van der Waals surface area contributed by atoms with Gasteiger partial charge in [-0.3, -0.25) is 4.79 Å². The molecule has 1 saturated heterocycles. The van der Waals surface area contributed by atoms with Crippen molar-refractivity contribution in [2.75, 3.05) is 23.5 Å². The molecule has 2 rings (SSSR count). The summed E-state index contributed by atoms with van der Waals surface area (Å²) in [6, 6.07) is 3.72. The average Bonchev–Trinajstić information content (AvgIpc) is 2.96. The van der Waals surface area contributed by atoms with Crippen LogP contribution in [0.5, 0.6) is 0 Å². The van der Waals surface area contributed by atoms with Gasteiger partial charge in [0.05, 0.1) is 12.3 Å². The Hall–Kier alpha value is -2.30. The first-order chi connectivity index (χ1) is 12.3. The highest BCUT2D eigenvalue weighted by Gasteiger charge is 2.39. The topological polar surface area (TPSA) is 95.4 Å². The summed E-state index contributed by atoms with van der Waals surface area (Å²) in [6.07, 6.45) is 0.712. The fourth-order valence-corrected chi connectivity index (χ4v) is 2.46. The van der Waals surface area contributed by atoms with Crippen LogP contribution < -0.4 is 15.7 Å². The van der Waals surface area contributed by atoms with Gasteiger partial charge in [-0.2, -0.15) is 9.85 Å². The van der Waals surface area contributed by atoms with Crippen LogP contribution in [0, 0.1) is 5.21 Å². The van der Waals surface area contributed by atoms with Gasteiger partial charge in [0.25, 0.3) is 5.92 Å². The lowest BCUT2D eigenvalue weighted by atomic mass is 10.1. The first-order valence-electron chi connectivity index (χ1n) is 8.15. The summed E-state index contributed by atoms with van der Waals surface area (Å²) in [5, 5.41) is 14.5. The van der Waals surface area contributed by atoms with Crippen molar-refractivity contribution in [2.45, 2.75) is 38.7 Å². The van der Waals surface area contributed by atoms with Crippen LogP contribution in [0.3, 0.4) is 0 Å². The number of anilines is 2. The first-order valence-corrected chi connectivity index (χ1v) is 8.15. The molecule has 1 aromatic rings. The van der Waals surface area contributed by atoms with Crippen LogP contribution in [-0.2, 0) is 25.1 Å². The van der Waals surface area contributed by atoms with Gasteiger partial charge in [0, 0.05) is 18.2 Å². The second-order valence-corrected chi connectivity index (χ2v) is 5.88. The number of hydrogen-bond acceptors (Lipinski definition) is 6. The minimum atomic E-state index is -3.25. The van der Waals surface area contributed by atoms with E-state index in [-0.39, 0.29) is 30.9 Å².